The fourth-order valence-corrected chi connectivity index (χ4v) is 1.50. The van der Waals surface area contributed by atoms with Gasteiger partial charge in [-0.3, -0.25) is 0 Å². The molecule has 0 aliphatic rings. The molecular formula is C12H12F2N2O. The van der Waals surface area contributed by atoms with Gasteiger partial charge in [-0.15, -0.1) is 0 Å². The van der Waals surface area contributed by atoms with Crippen LogP contribution in [0.1, 0.15) is 12.5 Å². The van der Waals surface area contributed by atoms with Crippen molar-refractivity contribution in [2.45, 2.75) is 19.0 Å². The predicted octanol–water partition coefficient (Wildman–Crippen LogP) is 2.34. The molecule has 0 saturated heterocycles. The van der Waals surface area contributed by atoms with E-state index in [0.717, 1.165) is 12.6 Å². The highest BCUT2D eigenvalue weighted by atomic mass is 19.3. The largest absolute Gasteiger partial charge is 0.379 e. The Morgan fingerprint density at radius 1 is 1.29 bits per heavy atom. The SMILES string of the molecule is CC(O)(c1ccc(-n2cccn2)cc1)C(F)F. The highest BCUT2D eigenvalue weighted by Crippen LogP contribution is 2.28. The highest BCUT2D eigenvalue weighted by Gasteiger charge is 2.34. The number of benzene rings is 1. The number of alkyl halides is 2. The molecule has 0 radical (unpaired) electrons. The van der Waals surface area contributed by atoms with Crippen molar-refractivity contribution in [3.8, 4) is 5.69 Å². The molecule has 0 aliphatic carbocycles. The summed E-state index contributed by atoms with van der Waals surface area (Å²) in [4.78, 5) is 0. The first-order valence-corrected chi connectivity index (χ1v) is 5.13. The minimum absolute atomic E-state index is 0.184. The van der Waals surface area contributed by atoms with Crippen LogP contribution >= 0.6 is 0 Å². The molecule has 0 fully saturated rings. The second kappa shape index (κ2) is 4.25. The summed E-state index contributed by atoms with van der Waals surface area (Å²) in [5.74, 6) is 0. The Morgan fingerprint density at radius 2 is 1.94 bits per heavy atom. The second-order valence-electron chi connectivity index (χ2n) is 3.95. The Morgan fingerprint density at radius 3 is 2.41 bits per heavy atom. The Hall–Kier alpha value is -1.75. The quantitative estimate of drug-likeness (QED) is 0.891. The van der Waals surface area contributed by atoms with Crippen LogP contribution in [0.3, 0.4) is 0 Å². The van der Waals surface area contributed by atoms with Crippen LogP contribution in [-0.2, 0) is 5.60 Å². The first-order chi connectivity index (χ1) is 8.01. The van der Waals surface area contributed by atoms with Crippen LogP contribution in [0.2, 0.25) is 0 Å². The first-order valence-electron chi connectivity index (χ1n) is 5.13. The number of hydrogen-bond donors (Lipinski definition) is 1. The van der Waals surface area contributed by atoms with Gasteiger partial charge in [0.15, 0.2) is 0 Å². The van der Waals surface area contributed by atoms with Gasteiger partial charge in [0, 0.05) is 12.4 Å². The van der Waals surface area contributed by atoms with Crippen molar-refractivity contribution in [1.29, 1.82) is 0 Å². The van der Waals surface area contributed by atoms with Gasteiger partial charge in [-0.2, -0.15) is 5.10 Å². The summed E-state index contributed by atoms with van der Waals surface area (Å²) < 4.78 is 26.8. The minimum Gasteiger partial charge on any atom is -0.379 e. The maximum Gasteiger partial charge on any atom is 0.270 e. The Labute approximate surface area is 97.3 Å². The van der Waals surface area contributed by atoms with E-state index in [2.05, 4.69) is 5.10 Å². The molecule has 0 bridgehead atoms. The Balaban J connectivity index is 2.31. The van der Waals surface area contributed by atoms with E-state index in [1.54, 1.807) is 35.3 Å². The van der Waals surface area contributed by atoms with Crippen LogP contribution in [0, 0.1) is 0 Å². The average Bonchev–Trinajstić information content (AvgIpc) is 2.82. The number of rotatable bonds is 3. The molecule has 1 atom stereocenters. The van der Waals surface area contributed by atoms with E-state index in [1.165, 1.54) is 12.1 Å². The van der Waals surface area contributed by atoms with Gasteiger partial charge in [-0.05, 0) is 30.7 Å². The van der Waals surface area contributed by atoms with Crippen LogP contribution < -0.4 is 0 Å². The third kappa shape index (κ3) is 2.19. The summed E-state index contributed by atoms with van der Waals surface area (Å²) in [6.45, 7) is 1.10. The third-order valence-electron chi connectivity index (χ3n) is 2.65. The lowest BCUT2D eigenvalue weighted by atomic mass is 9.96. The number of halogens is 2. The molecule has 1 aromatic carbocycles. The first kappa shape index (κ1) is 11.7. The van der Waals surface area contributed by atoms with Crippen LogP contribution in [0.25, 0.3) is 5.69 Å². The maximum atomic E-state index is 12.6. The van der Waals surface area contributed by atoms with E-state index in [4.69, 9.17) is 0 Å². The van der Waals surface area contributed by atoms with Crippen molar-refractivity contribution in [3.05, 3.63) is 48.3 Å². The van der Waals surface area contributed by atoms with E-state index in [0.29, 0.717) is 0 Å². The number of aromatic nitrogens is 2. The number of nitrogens with zero attached hydrogens (tertiary/aromatic N) is 2. The lowest BCUT2D eigenvalue weighted by Crippen LogP contribution is -2.30. The van der Waals surface area contributed by atoms with Crippen molar-refractivity contribution >= 4 is 0 Å². The standard InChI is InChI=1S/C12H12F2N2O/c1-12(17,11(13)14)9-3-5-10(6-4-9)16-8-2-7-15-16/h2-8,11,17H,1H3. The molecule has 90 valence electrons. The number of aliphatic hydroxyl groups is 1. The van der Waals surface area contributed by atoms with E-state index >= 15 is 0 Å². The Bertz CT molecular complexity index is 478. The zero-order chi connectivity index (χ0) is 12.5. The molecule has 2 aromatic rings. The van der Waals surface area contributed by atoms with Gasteiger partial charge in [-0.1, -0.05) is 12.1 Å². The van der Waals surface area contributed by atoms with Crippen molar-refractivity contribution in [2.24, 2.45) is 0 Å². The average molecular weight is 238 g/mol. The number of hydrogen-bond acceptors (Lipinski definition) is 2. The van der Waals surface area contributed by atoms with Crippen molar-refractivity contribution in [3.63, 3.8) is 0 Å². The zero-order valence-corrected chi connectivity index (χ0v) is 9.22. The molecule has 0 aliphatic heterocycles. The molecule has 0 amide bonds. The molecular weight excluding hydrogens is 226 g/mol. The van der Waals surface area contributed by atoms with Crippen LogP contribution in [0.15, 0.2) is 42.7 Å². The van der Waals surface area contributed by atoms with Gasteiger partial charge in [0.1, 0.15) is 5.60 Å². The molecule has 0 spiro atoms. The topological polar surface area (TPSA) is 38.0 Å². The van der Waals surface area contributed by atoms with E-state index < -0.39 is 12.0 Å². The van der Waals surface area contributed by atoms with Crippen LogP contribution in [0.4, 0.5) is 8.78 Å². The molecule has 1 heterocycles. The van der Waals surface area contributed by atoms with Gasteiger partial charge in [-0.25, -0.2) is 13.5 Å². The molecule has 5 heteroatoms. The summed E-state index contributed by atoms with van der Waals surface area (Å²) in [6, 6.07) is 7.99. The normalized spacial score (nSPS) is 14.9. The second-order valence-corrected chi connectivity index (χ2v) is 3.95. The fraction of sp³-hybridized carbons (Fsp3) is 0.250. The highest BCUT2D eigenvalue weighted by molar-refractivity contribution is 5.36. The molecule has 17 heavy (non-hydrogen) atoms. The van der Waals surface area contributed by atoms with E-state index in [-0.39, 0.29) is 5.56 Å². The molecule has 2 rings (SSSR count). The molecule has 3 nitrogen and oxygen atoms in total. The van der Waals surface area contributed by atoms with Crippen molar-refractivity contribution in [1.82, 2.24) is 9.78 Å². The third-order valence-corrected chi connectivity index (χ3v) is 2.65. The summed E-state index contributed by atoms with van der Waals surface area (Å²) in [7, 11) is 0. The van der Waals surface area contributed by atoms with Crippen molar-refractivity contribution < 1.29 is 13.9 Å². The summed E-state index contributed by atoms with van der Waals surface area (Å²) in [5.41, 5.74) is -1.19. The van der Waals surface area contributed by atoms with Gasteiger partial charge >= 0.3 is 0 Å². The van der Waals surface area contributed by atoms with E-state index in [9.17, 15) is 13.9 Å². The predicted molar refractivity (Wildman–Crippen MR) is 59.1 cm³/mol. The smallest absolute Gasteiger partial charge is 0.270 e. The molecule has 1 unspecified atom stereocenters. The monoisotopic (exact) mass is 238 g/mol. The molecule has 0 saturated carbocycles. The molecule has 1 aromatic heterocycles. The van der Waals surface area contributed by atoms with Gasteiger partial charge in [0.25, 0.3) is 6.43 Å². The Kier molecular flexibility index (Phi) is 2.93. The van der Waals surface area contributed by atoms with Crippen LogP contribution in [0.5, 0.6) is 0 Å². The lowest BCUT2D eigenvalue weighted by molar-refractivity contribution is -0.0883. The lowest BCUT2D eigenvalue weighted by Gasteiger charge is -2.22. The summed E-state index contributed by atoms with van der Waals surface area (Å²) in [5, 5.41) is 13.6. The van der Waals surface area contributed by atoms with Crippen LogP contribution in [-0.4, -0.2) is 21.3 Å². The fourth-order valence-electron chi connectivity index (χ4n) is 1.50. The van der Waals surface area contributed by atoms with E-state index in [1.807, 2.05) is 0 Å². The summed E-state index contributed by atoms with van der Waals surface area (Å²) >= 11 is 0. The van der Waals surface area contributed by atoms with Gasteiger partial charge < -0.3 is 5.11 Å². The van der Waals surface area contributed by atoms with Gasteiger partial charge in [0.05, 0.1) is 5.69 Å². The van der Waals surface area contributed by atoms with Gasteiger partial charge in [0.2, 0.25) is 0 Å². The molecule has 1 N–H and O–H groups in total. The zero-order valence-electron chi connectivity index (χ0n) is 9.22. The summed E-state index contributed by atoms with van der Waals surface area (Å²) in [6.07, 6.45) is 0.557. The van der Waals surface area contributed by atoms with Crippen molar-refractivity contribution in [2.75, 3.05) is 0 Å². The maximum absolute atomic E-state index is 12.6. The minimum atomic E-state index is -2.82.